The van der Waals surface area contributed by atoms with Gasteiger partial charge in [-0.15, -0.1) is 0 Å². The summed E-state index contributed by atoms with van der Waals surface area (Å²) in [5.41, 5.74) is 9.43. The number of carbonyl (C=O) groups excluding carboxylic acids is 1. The van der Waals surface area contributed by atoms with E-state index in [0.29, 0.717) is 35.8 Å². The Kier molecular flexibility index (Phi) is 7.92. The molecule has 0 saturated carbocycles. The van der Waals surface area contributed by atoms with Crippen LogP contribution in [0.4, 0.5) is 0 Å². The van der Waals surface area contributed by atoms with E-state index in [0.717, 1.165) is 29.7 Å². The summed E-state index contributed by atoms with van der Waals surface area (Å²) < 4.78 is 1.42. The van der Waals surface area contributed by atoms with Crippen molar-refractivity contribution in [2.45, 2.75) is 45.8 Å². The Labute approximate surface area is 186 Å². The first kappa shape index (κ1) is 22.7. The third kappa shape index (κ3) is 6.23. The summed E-state index contributed by atoms with van der Waals surface area (Å²) in [6.45, 7) is 2.91. The molecular formula is C23H26ClN5O2. The minimum atomic E-state index is -0.241. The number of nitrogens with one attached hydrogen (secondary N) is 1. The molecule has 7 nitrogen and oxygen atoms in total. The molecule has 0 spiro atoms. The molecular weight excluding hydrogens is 414 g/mol. The first-order valence-corrected chi connectivity index (χ1v) is 10.5. The number of nitrogens with zero attached hydrogens (tertiary/aromatic N) is 3. The summed E-state index contributed by atoms with van der Waals surface area (Å²) in [6.07, 6.45) is 4.86. The van der Waals surface area contributed by atoms with Crippen molar-refractivity contribution in [3.05, 3.63) is 92.1 Å². The predicted molar refractivity (Wildman–Crippen MR) is 121 cm³/mol. The van der Waals surface area contributed by atoms with Gasteiger partial charge in [0, 0.05) is 42.1 Å². The van der Waals surface area contributed by atoms with Gasteiger partial charge in [0.25, 0.3) is 5.56 Å². The molecule has 0 bridgehead atoms. The number of carbonyl (C=O) groups is 1. The lowest BCUT2D eigenvalue weighted by Gasteiger charge is -2.12. The van der Waals surface area contributed by atoms with Crippen LogP contribution in [0.5, 0.6) is 0 Å². The van der Waals surface area contributed by atoms with Crippen molar-refractivity contribution in [1.82, 2.24) is 20.1 Å². The average molecular weight is 440 g/mol. The van der Waals surface area contributed by atoms with Crippen LogP contribution in [0.15, 0.2) is 53.6 Å². The molecule has 0 unspecified atom stereocenters. The number of nitrogens with two attached hydrogens (primary N) is 1. The molecule has 162 valence electrons. The van der Waals surface area contributed by atoms with Gasteiger partial charge in [0.1, 0.15) is 0 Å². The summed E-state index contributed by atoms with van der Waals surface area (Å²) >= 11 is 6.05. The van der Waals surface area contributed by atoms with Crippen molar-refractivity contribution in [1.29, 1.82) is 0 Å². The van der Waals surface area contributed by atoms with Gasteiger partial charge in [-0.3, -0.25) is 14.6 Å². The molecule has 0 fully saturated rings. The molecule has 0 atom stereocenters. The maximum absolute atomic E-state index is 12.9. The van der Waals surface area contributed by atoms with Gasteiger partial charge in [-0.1, -0.05) is 23.7 Å². The van der Waals surface area contributed by atoms with Crippen molar-refractivity contribution >= 4 is 17.5 Å². The Morgan fingerprint density at radius 1 is 1.23 bits per heavy atom. The molecule has 1 aromatic carbocycles. The van der Waals surface area contributed by atoms with Crippen LogP contribution in [0.2, 0.25) is 5.02 Å². The number of pyridine rings is 1. The maximum atomic E-state index is 12.9. The van der Waals surface area contributed by atoms with Gasteiger partial charge in [0.2, 0.25) is 5.91 Å². The van der Waals surface area contributed by atoms with Gasteiger partial charge in [0.15, 0.2) is 0 Å². The van der Waals surface area contributed by atoms with Crippen molar-refractivity contribution in [3.8, 4) is 0 Å². The molecule has 3 N–H and O–H groups in total. The zero-order valence-electron chi connectivity index (χ0n) is 17.5. The van der Waals surface area contributed by atoms with Crippen molar-refractivity contribution < 1.29 is 4.79 Å². The number of halogens is 1. The summed E-state index contributed by atoms with van der Waals surface area (Å²) in [6, 6.07) is 11.2. The number of rotatable bonds is 9. The number of aryl methyl sites for hydroxylation is 3. The molecule has 0 aliphatic rings. The molecule has 2 aromatic heterocycles. The van der Waals surface area contributed by atoms with Crippen molar-refractivity contribution in [2.24, 2.45) is 5.73 Å². The van der Waals surface area contributed by atoms with E-state index >= 15 is 0 Å². The Morgan fingerprint density at radius 3 is 2.81 bits per heavy atom. The Morgan fingerprint density at radius 2 is 2.06 bits per heavy atom. The Balaban J connectivity index is 1.63. The highest BCUT2D eigenvalue weighted by atomic mass is 35.5. The largest absolute Gasteiger partial charge is 0.352 e. The van der Waals surface area contributed by atoms with E-state index in [9.17, 15) is 9.59 Å². The summed E-state index contributed by atoms with van der Waals surface area (Å²) in [7, 11) is 0. The smallest absolute Gasteiger partial charge is 0.270 e. The van der Waals surface area contributed by atoms with Gasteiger partial charge in [-0.25, -0.2) is 4.68 Å². The fraction of sp³-hybridized carbons (Fsp3) is 0.304. The molecule has 3 rings (SSSR count). The van der Waals surface area contributed by atoms with E-state index < -0.39 is 0 Å². The van der Waals surface area contributed by atoms with Gasteiger partial charge >= 0.3 is 0 Å². The molecule has 0 aliphatic carbocycles. The summed E-state index contributed by atoms with van der Waals surface area (Å²) in [4.78, 5) is 29.7. The van der Waals surface area contributed by atoms with Crippen molar-refractivity contribution in [2.75, 3.05) is 0 Å². The highest BCUT2D eigenvalue weighted by molar-refractivity contribution is 6.30. The van der Waals surface area contributed by atoms with Crippen LogP contribution in [-0.4, -0.2) is 20.7 Å². The van der Waals surface area contributed by atoms with Gasteiger partial charge in [0.05, 0.1) is 12.6 Å². The molecule has 31 heavy (non-hydrogen) atoms. The molecule has 8 heteroatoms. The number of hydrogen-bond donors (Lipinski definition) is 2. The fourth-order valence-electron chi connectivity index (χ4n) is 3.32. The highest BCUT2D eigenvalue weighted by Gasteiger charge is 2.14. The summed E-state index contributed by atoms with van der Waals surface area (Å²) in [5.74, 6) is -0.241. The van der Waals surface area contributed by atoms with Crippen LogP contribution in [0.1, 0.15) is 34.4 Å². The minimum absolute atomic E-state index is 0.00798. The van der Waals surface area contributed by atoms with E-state index in [2.05, 4.69) is 15.4 Å². The first-order chi connectivity index (χ1) is 15.0. The van der Waals surface area contributed by atoms with Crippen LogP contribution in [0.25, 0.3) is 0 Å². The van der Waals surface area contributed by atoms with Crippen LogP contribution in [0, 0.1) is 6.92 Å². The predicted octanol–water partition coefficient (Wildman–Crippen LogP) is 2.55. The second-order valence-electron chi connectivity index (χ2n) is 7.33. The van der Waals surface area contributed by atoms with Gasteiger partial charge < -0.3 is 11.1 Å². The second-order valence-corrected chi connectivity index (χ2v) is 7.77. The molecule has 3 aromatic rings. The monoisotopic (exact) mass is 439 g/mol. The lowest BCUT2D eigenvalue weighted by atomic mass is 10.1. The van der Waals surface area contributed by atoms with E-state index in [1.807, 2.05) is 24.3 Å². The zero-order valence-corrected chi connectivity index (χ0v) is 18.2. The van der Waals surface area contributed by atoms with E-state index in [4.69, 9.17) is 17.3 Å². The Bertz CT molecular complexity index is 1100. The van der Waals surface area contributed by atoms with Crippen LogP contribution >= 0.6 is 11.6 Å². The standard InChI is InChI=1S/C23H26ClN5O2/c1-16-14-28-29(10-4-6-20-5-2-3-9-26-20)23(31)21(16)12-22(30)27-15-18-11-19(24)8-7-17(18)13-25/h2-3,5,7-9,11,14H,4,6,10,12-13,15,25H2,1H3,(H,27,30). The Hall–Kier alpha value is -3.03. The molecule has 0 radical (unpaired) electrons. The average Bonchev–Trinajstić information content (AvgIpc) is 2.77. The lowest BCUT2D eigenvalue weighted by molar-refractivity contribution is -0.120. The minimum Gasteiger partial charge on any atom is -0.352 e. The van der Waals surface area contributed by atoms with Crippen LogP contribution in [-0.2, 0) is 37.3 Å². The quantitative estimate of drug-likeness (QED) is 0.533. The molecule has 1 amide bonds. The molecule has 2 heterocycles. The number of aromatic nitrogens is 3. The lowest BCUT2D eigenvalue weighted by Crippen LogP contribution is -2.32. The van der Waals surface area contributed by atoms with E-state index in [-0.39, 0.29) is 17.9 Å². The number of hydrogen-bond acceptors (Lipinski definition) is 5. The van der Waals surface area contributed by atoms with Gasteiger partial charge in [-0.2, -0.15) is 5.10 Å². The second kappa shape index (κ2) is 10.8. The number of benzene rings is 1. The first-order valence-electron chi connectivity index (χ1n) is 10.2. The maximum Gasteiger partial charge on any atom is 0.270 e. The molecule has 0 saturated heterocycles. The SMILES string of the molecule is Cc1cnn(CCCc2ccccn2)c(=O)c1CC(=O)NCc1cc(Cl)ccc1CN. The third-order valence-corrected chi connectivity index (χ3v) is 5.33. The summed E-state index contributed by atoms with van der Waals surface area (Å²) in [5, 5.41) is 7.67. The third-order valence-electron chi connectivity index (χ3n) is 5.09. The normalized spacial score (nSPS) is 10.8. The van der Waals surface area contributed by atoms with Crippen molar-refractivity contribution in [3.63, 3.8) is 0 Å². The van der Waals surface area contributed by atoms with E-state index in [1.54, 1.807) is 31.5 Å². The van der Waals surface area contributed by atoms with Gasteiger partial charge in [-0.05, 0) is 60.7 Å². The highest BCUT2D eigenvalue weighted by Crippen LogP contribution is 2.16. The van der Waals surface area contributed by atoms with Crippen LogP contribution < -0.4 is 16.6 Å². The van der Waals surface area contributed by atoms with Crippen LogP contribution in [0.3, 0.4) is 0 Å². The molecule has 0 aliphatic heterocycles. The van der Waals surface area contributed by atoms with E-state index in [1.165, 1.54) is 4.68 Å². The zero-order chi connectivity index (χ0) is 22.2. The number of amides is 1. The fourth-order valence-corrected chi connectivity index (χ4v) is 3.51. The topological polar surface area (TPSA) is 103 Å².